The predicted octanol–water partition coefficient (Wildman–Crippen LogP) is 3.76. The van der Waals surface area contributed by atoms with Crippen molar-refractivity contribution in [3.8, 4) is 5.75 Å². The van der Waals surface area contributed by atoms with E-state index < -0.39 is 12.0 Å². The summed E-state index contributed by atoms with van der Waals surface area (Å²) < 4.78 is 7.35. The second-order valence-electron chi connectivity index (χ2n) is 5.35. The lowest BCUT2D eigenvalue weighted by molar-refractivity contribution is -0.132. The summed E-state index contributed by atoms with van der Waals surface area (Å²) in [7, 11) is 0. The van der Waals surface area contributed by atoms with Gasteiger partial charge in [0.15, 0.2) is 6.10 Å². The Balaban J connectivity index is 1.75. The van der Waals surface area contributed by atoms with E-state index in [9.17, 15) is 9.59 Å². The summed E-state index contributed by atoms with van der Waals surface area (Å²) in [6.07, 6.45) is 0.106. The molecule has 2 rings (SSSR count). The molecular formula is C18H18Br2N2O3. The number of aryl methyl sites for hydroxylation is 1. The van der Waals surface area contributed by atoms with Crippen LogP contribution in [-0.2, 0) is 16.0 Å². The number of carbonyl (C=O) groups is 2. The van der Waals surface area contributed by atoms with Gasteiger partial charge in [-0.15, -0.1) is 0 Å². The molecule has 0 saturated carbocycles. The number of hydrogen-bond acceptors (Lipinski definition) is 3. The first-order chi connectivity index (χ1) is 12.0. The first-order valence-corrected chi connectivity index (χ1v) is 9.28. The molecule has 0 aliphatic heterocycles. The van der Waals surface area contributed by atoms with Crippen LogP contribution in [0.15, 0.2) is 57.5 Å². The maximum atomic E-state index is 12.0. The smallest absolute Gasteiger partial charge is 0.279 e. The second kappa shape index (κ2) is 9.58. The fourth-order valence-electron chi connectivity index (χ4n) is 2.04. The van der Waals surface area contributed by atoms with Gasteiger partial charge >= 0.3 is 0 Å². The Hall–Kier alpha value is -1.86. The monoisotopic (exact) mass is 468 g/mol. The van der Waals surface area contributed by atoms with Gasteiger partial charge in [-0.3, -0.25) is 20.4 Å². The molecule has 0 spiro atoms. The normalized spacial score (nSPS) is 11.5. The van der Waals surface area contributed by atoms with Crippen LogP contribution < -0.4 is 15.6 Å². The SMILES string of the molecule is CC(Oc1cccc(Br)c1)C(=O)NNC(=O)CCc1ccccc1Br. The molecule has 2 N–H and O–H groups in total. The molecule has 2 aromatic rings. The van der Waals surface area contributed by atoms with Crippen molar-refractivity contribution in [2.45, 2.75) is 25.9 Å². The minimum atomic E-state index is -0.738. The molecule has 25 heavy (non-hydrogen) atoms. The van der Waals surface area contributed by atoms with E-state index in [0.717, 1.165) is 14.5 Å². The van der Waals surface area contributed by atoms with Crippen LogP contribution in [0.25, 0.3) is 0 Å². The molecule has 0 radical (unpaired) electrons. The minimum Gasteiger partial charge on any atom is -0.481 e. The average molecular weight is 470 g/mol. The van der Waals surface area contributed by atoms with Gasteiger partial charge in [0.25, 0.3) is 5.91 Å². The van der Waals surface area contributed by atoms with Gasteiger partial charge in [0.1, 0.15) is 5.75 Å². The molecule has 132 valence electrons. The Bertz CT molecular complexity index is 753. The fourth-order valence-corrected chi connectivity index (χ4v) is 2.90. The number of amides is 2. The Morgan fingerprint density at radius 3 is 2.56 bits per heavy atom. The van der Waals surface area contributed by atoms with Crippen LogP contribution in [0, 0.1) is 0 Å². The molecule has 0 aliphatic rings. The van der Waals surface area contributed by atoms with Crippen molar-refractivity contribution in [3.63, 3.8) is 0 Å². The fraction of sp³-hybridized carbons (Fsp3) is 0.222. The minimum absolute atomic E-state index is 0.265. The van der Waals surface area contributed by atoms with E-state index >= 15 is 0 Å². The highest BCUT2D eigenvalue weighted by molar-refractivity contribution is 9.10. The van der Waals surface area contributed by atoms with E-state index in [4.69, 9.17) is 4.74 Å². The van der Waals surface area contributed by atoms with E-state index in [1.165, 1.54) is 0 Å². The molecule has 0 aliphatic carbocycles. The summed E-state index contributed by atoms with van der Waals surface area (Å²) in [6.45, 7) is 1.61. The second-order valence-corrected chi connectivity index (χ2v) is 7.12. The van der Waals surface area contributed by atoms with Crippen LogP contribution in [0.3, 0.4) is 0 Å². The molecule has 1 atom stereocenters. The molecular weight excluding hydrogens is 452 g/mol. The van der Waals surface area contributed by atoms with Crippen LogP contribution in [0.5, 0.6) is 5.75 Å². The van der Waals surface area contributed by atoms with Crippen LogP contribution in [0.4, 0.5) is 0 Å². The van der Waals surface area contributed by atoms with Crippen molar-refractivity contribution < 1.29 is 14.3 Å². The van der Waals surface area contributed by atoms with Crippen LogP contribution >= 0.6 is 31.9 Å². The Labute approximate surface area is 163 Å². The standard InChI is InChI=1S/C18H18Br2N2O3/c1-12(25-15-7-4-6-14(19)11-15)18(24)22-21-17(23)10-9-13-5-2-3-8-16(13)20/h2-8,11-12H,9-10H2,1H3,(H,21,23)(H,22,24). The zero-order valence-electron chi connectivity index (χ0n) is 13.6. The summed E-state index contributed by atoms with van der Waals surface area (Å²) in [5.41, 5.74) is 5.83. The third-order valence-electron chi connectivity index (χ3n) is 3.38. The number of hydrogen-bond donors (Lipinski definition) is 2. The highest BCUT2D eigenvalue weighted by Crippen LogP contribution is 2.19. The molecule has 0 bridgehead atoms. The highest BCUT2D eigenvalue weighted by atomic mass is 79.9. The van der Waals surface area contributed by atoms with Gasteiger partial charge in [0.05, 0.1) is 0 Å². The van der Waals surface area contributed by atoms with Crippen LogP contribution in [0.1, 0.15) is 18.9 Å². The Morgan fingerprint density at radius 1 is 1.08 bits per heavy atom. The average Bonchev–Trinajstić information content (AvgIpc) is 2.59. The highest BCUT2D eigenvalue weighted by Gasteiger charge is 2.15. The maximum absolute atomic E-state index is 12.0. The molecule has 0 saturated heterocycles. The zero-order chi connectivity index (χ0) is 18.2. The van der Waals surface area contributed by atoms with E-state index in [0.29, 0.717) is 12.2 Å². The van der Waals surface area contributed by atoms with E-state index in [1.807, 2.05) is 36.4 Å². The zero-order valence-corrected chi connectivity index (χ0v) is 16.8. The van der Waals surface area contributed by atoms with Crippen molar-refractivity contribution in [3.05, 3.63) is 63.0 Å². The van der Waals surface area contributed by atoms with Crippen molar-refractivity contribution >= 4 is 43.7 Å². The lowest BCUT2D eigenvalue weighted by Crippen LogP contribution is -2.47. The van der Waals surface area contributed by atoms with Gasteiger partial charge in [-0.05, 0) is 43.2 Å². The summed E-state index contributed by atoms with van der Waals surface area (Å²) in [5, 5.41) is 0. The van der Waals surface area contributed by atoms with Crippen molar-refractivity contribution in [2.75, 3.05) is 0 Å². The molecule has 1 unspecified atom stereocenters. The summed E-state index contributed by atoms with van der Waals surface area (Å²) >= 11 is 6.78. The number of hydrazine groups is 1. The molecule has 2 aromatic carbocycles. The third kappa shape index (κ3) is 6.51. The van der Waals surface area contributed by atoms with E-state index in [-0.39, 0.29) is 12.3 Å². The van der Waals surface area contributed by atoms with Crippen LogP contribution in [-0.4, -0.2) is 17.9 Å². The van der Waals surface area contributed by atoms with E-state index in [2.05, 4.69) is 42.7 Å². The molecule has 7 heteroatoms. The summed E-state index contributed by atoms with van der Waals surface area (Å²) in [4.78, 5) is 23.9. The van der Waals surface area contributed by atoms with Crippen LogP contribution in [0.2, 0.25) is 0 Å². The summed E-state index contributed by atoms with van der Waals surface area (Å²) in [6, 6.07) is 14.9. The van der Waals surface area contributed by atoms with Gasteiger partial charge in [0.2, 0.25) is 5.91 Å². The number of halogens is 2. The first-order valence-electron chi connectivity index (χ1n) is 7.70. The van der Waals surface area contributed by atoms with Gasteiger partial charge in [-0.25, -0.2) is 0 Å². The molecule has 5 nitrogen and oxygen atoms in total. The lowest BCUT2D eigenvalue weighted by atomic mass is 10.1. The predicted molar refractivity (Wildman–Crippen MR) is 103 cm³/mol. The Kier molecular flexibility index (Phi) is 7.46. The van der Waals surface area contributed by atoms with Crippen molar-refractivity contribution in [1.29, 1.82) is 0 Å². The summed E-state index contributed by atoms with van der Waals surface area (Å²) in [5.74, 6) is -0.120. The topological polar surface area (TPSA) is 67.4 Å². The van der Waals surface area contributed by atoms with Gasteiger partial charge in [0, 0.05) is 15.4 Å². The largest absolute Gasteiger partial charge is 0.481 e. The van der Waals surface area contributed by atoms with Crippen molar-refractivity contribution in [2.24, 2.45) is 0 Å². The number of benzene rings is 2. The number of rotatable bonds is 6. The molecule has 0 fully saturated rings. The molecule has 0 aromatic heterocycles. The van der Waals surface area contributed by atoms with Gasteiger partial charge in [-0.2, -0.15) is 0 Å². The quantitative estimate of drug-likeness (QED) is 0.633. The van der Waals surface area contributed by atoms with Gasteiger partial charge in [-0.1, -0.05) is 56.1 Å². The first kappa shape index (κ1) is 19.5. The van der Waals surface area contributed by atoms with Crippen molar-refractivity contribution in [1.82, 2.24) is 10.9 Å². The third-order valence-corrected chi connectivity index (χ3v) is 4.65. The number of nitrogens with one attached hydrogen (secondary N) is 2. The molecule has 0 heterocycles. The number of carbonyl (C=O) groups excluding carboxylic acids is 2. The lowest BCUT2D eigenvalue weighted by Gasteiger charge is -2.15. The Morgan fingerprint density at radius 2 is 1.84 bits per heavy atom. The molecule has 2 amide bonds. The number of ether oxygens (including phenoxy) is 1. The van der Waals surface area contributed by atoms with E-state index in [1.54, 1.807) is 19.1 Å². The van der Waals surface area contributed by atoms with Gasteiger partial charge < -0.3 is 4.74 Å². The maximum Gasteiger partial charge on any atom is 0.279 e.